The molecule has 0 aromatic heterocycles. The van der Waals surface area contributed by atoms with Gasteiger partial charge in [0.15, 0.2) is 0 Å². The van der Waals surface area contributed by atoms with Crippen molar-refractivity contribution in [1.82, 2.24) is 0 Å². The van der Waals surface area contributed by atoms with Crippen molar-refractivity contribution in [2.24, 2.45) is 0 Å². The summed E-state index contributed by atoms with van der Waals surface area (Å²) in [7, 11) is 0. The first-order valence-electron chi connectivity index (χ1n) is 1.19. The van der Waals surface area contributed by atoms with Gasteiger partial charge in [-0.15, -0.1) is 0 Å². The van der Waals surface area contributed by atoms with Crippen molar-refractivity contribution in [3.05, 3.63) is 0 Å². The normalized spacial score (nSPS) is 9.00. The van der Waals surface area contributed by atoms with Gasteiger partial charge < -0.3 is 0 Å². The maximum absolute atomic E-state index is 3.44. The van der Waals surface area contributed by atoms with Crippen molar-refractivity contribution in [2.75, 3.05) is 0 Å². The second-order valence-electron chi connectivity index (χ2n) is 0.878. The third-order valence-corrected chi connectivity index (χ3v) is 0. The van der Waals surface area contributed by atoms with Crippen LogP contribution in [0.1, 0.15) is 0 Å². The fourth-order valence-electron chi connectivity index (χ4n) is 0. The van der Waals surface area contributed by atoms with Crippen LogP contribution in [0, 0.1) is 0 Å². The van der Waals surface area contributed by atoms with Gasteiger partial charge in [-0.1, -0.05) is 0 Å². The molecule has 4 heavy (non-hydrogen) atoms. The van der Waals surface area contributed by atoms with Crippen LogP contribution in [0.4, 0.5) is 0 Å². The van der Waals surface area contributed by atoms with Crippen molar-refractivity contribution >= 4 is 26.5 Å². The van der Waals surface area contributed by atoms with Crippen LogP contribution in [0.2, 0.25) is 11.5 Å². The Bertz CT molecular complexity index is 10.8. The van der Waals surface area contributed by atoms with Gasteiger partial charge in [-0.3, -0.25) is 0 Å². The second kappa shape index (κ2) is 2.27. The van der Waals surface area contributed by atoms with Gasteiger partial charge >= 0.3 is 38.0 Å². The fourth-order valence-corrected chi connectivity index (χ4v) is 0. The molecule has 0 saturated heterocycles. The number of rotatable bonds is 0. The molecule has 0 spiro atoms. The Morgan fingerprint density at radius 3 is 1.50 bits per heavy atom. The molecule has 0 rings (SSSR count). The molecular weight excluding hydrogens is 177 g/mol. The molecule has 0 aromatic carbocycles. The van der Waals surface area contributed by atoms with Crippen molar-refractivity contribution in [3.8, 4) is 0 Å². The summed E-state index contributed by atoms with van der Waals surface area (Å²) in [6, 6.07) is 0. The van der Waals surface area contributed by atoms with E-state index in [2.05, 4.69) is 25.5 Å². The van der Waals surface area contributed by atoms with E-state index in [1.165, 1.54) is 0 Å². The number of halogens is 1. The van der Waals surface area contributed by atoms with Crippen LogP contribution in [-0.4, -0.2) is 12.5 Å². The zero-order valence-electron chi connectivity index (χ0n) is 2.88. The summed E-state index contributed by atoms with van der Waals surface area (Å²) in [5, 5.41) is 0. The van der Waals surface area contributed by atoms with Gasteiger partial charge in [0.2, 0.25) is 0 Å². The fraction of sp³-hybridized carbons (Fsp3) is 1.00. The zero-order valence-corrected chi connectivity index (χ0v) is 6.56. The van der Waals surface area contributed by atoms with E-state index in [4.69, 9.17) is 0 Å². The Balaban J connectivity index is 2.32. The molecule has 2 heteroatoms. The number of hydrogen-bond donors (Lipinski definition) is 0. The molecule has 0 aliphatic heterocycles. The summed E-state index contributed by atoms with van der Waals surface area (Å²) in [5.74, 6) is 4.50. The zero-order chi connectivity index (χ0) is 3.58. The molecule has 0 nitrogen and oxygen atoms in total. The van der Waals surface area contributed by atoms with E-state index in [-0.39, 0.29) is 0 Å². The molecule has 0 heterocycles. The average Bonchev–Trinajstić information content (AvgIpc) is 0.811. The van der Waals surface area contributed by atoms with Crippen molar-refractivity contribution < 1.29 is 0 Å². The average molecular weight is 183 g/mol. The van der Waals surface area contributed by atoms with E-state index in [9.17, 15) is 0 Å². The first kappa shape index (κ1) is 5.02. The molecule has 0 amide bonds. The molecule has 25 valence electrons. The van der Waals surface area contributed by atoms with Crippen LogP contribution in [-0.2, 0) is 0 Å². The van der Waals surface area contributed by atoms with Crippen LogP contribution in [0.15, 0.2) is 0 Å². The third-order valence-electron chi connectivity index (χ3n) is 0. The predicted octanol–water partition coefficient (Wildman–Crippen LogP) is 1.63. The molecule has 0 atom stereocenters. The van der Waals surface area contributed by atoms with E-state index in [0.29, 0.717) is 0 Å². The quantitative estimate of drug-likeness (QED) is 0.500. The third kappa shape index (κ3) is 11.8. The SMILES string of the molecule is [CH3][Ge]([CH3])[Br]. The summed E-state index contributed by atoms with van der Waals surface area (Å²) in [4.78, 5) is 0. The first-order valence-corrected chi connectivity index (χ1v) is 10.3. The van der Waals surface area contributed by atoms with E-state index in [0.717, 1.165) is 0 Å². The Hall–Kier alpha value is 1.02. The van der Waals surface area contributed by atoms with Gasteiger partial charge in [-0.25, -0.2) is 0 Å². The van der Waals surface area contributed by atoms with Crippen LogP contribution in [0.3, 0.4) is 0 Å². The Labute approximate surface area is 38.3 Å². The summed E-state index contributed by atoms with van der Waals surface area (Å²) in [6.45, 7) is 0. The summed E-state index contributed by atoms with van der Waals surface area (Å²) < 4.78 is 0. The van der Waals surface area contributed by atoms with Gasteiger partial charge in [0, 0.05) is 0 Å². The summed E-state index contributed by atoms with van der Waals surface area (Å²) in [5.41, 5.74) is 0. The van der Waals surface area contributed by atoms with Gasteiger partial charge in [-0.2, -0.15) is 0 Å². The molecule has 0 N–H and O–H groups in total. The molecule has 0 aromatic rings. The molecule has 0 bridgehead atoms. The van der Waals surface area contributed by atoms with Crippen molar-refractivity contribution in [1.29, 1.82) is 0 Å². The Morgan fingerprint density at radius 1 is 1.50 bits per heavy atom. The minimum atomic E-state index is -0.521. The maximum atomic E-state index is 3.44. The van der Waals surface area contributed by atoms with Gasteiger partial charge in [0.05, 0.1) is 0 Å². The van der Waals surface area contributed by atoms with Gasteiger partial charge in [-0.05, 0) is 0 Å². The molecule has 0 unspecified atom stereocenters. The molecule has 0 aliphatic carbocycles. The monoisotopic (exact) mass is 183 g/mol. The van der Waals surface area contributed by atoms with E-state index in [1.807, 2.05) is 0 Å². The van der Waals surface area contributed by atoms with Crippen LogP contribution in [0.25, 0.3) is 0 Å². The molecule has 1 radical (unpaired) electrons. The minimum absolute atomic E-state index is 0.521. The molecule has 0 aliphatic rings. The Kier molecular flexibility index (Phi) is 2.85. The molecular formula is C2H6BrGe. The predicted molar refractivity (Wildman–Crippen MR) is 26.4 cm³/mol. The van der Waals surface area contributed by atoms with Crippen molar-refractivity contribution in [3.63, 3.8) is 0 Å². The topological polar surface area (TPSA) is 0 Å². The van der Waals surface area contributed by atoms with E-state index in [1.54, 1.807) is 0 Å². The standard InChI is InChI=1S/C2H6BrGe/c1-4(2)3/h1-2H3. The summed E-state index contributed by atoms with van der Waals surface area (Å²) >= 11 is 2.92. The van der Waals surface area contributed by atoms with Gasteiger partial charge in [0.25, 0.3) is 0 Å². The summed E-state index contributed by atoms with van der Waals surface area (Å²) in [6.07, 6.45) is 0. The second-order valence-corrected chi connectivity index (χ2v) is 12.8. The number of hydrogen-bond acceptors (Lipinski definition) is 0. The van der Waals surface area contributed by atoms with Crippen LogP contribution in [0.5, 0.6) is 0 Å². The van der Waals surface area contributed by atoms with Gasteiger partial charge in [0.1, 0.15) is 0 Å². The van der Waals surface area contributed by atoms with Crippen molar-refractivity contribution in [2.45, 2.75) is 11.5 Å². The molecule has 0 fully saturated rings. The first-order chi connectivity index (χ1) is 1.73. The van der Waals surface area contributed by atoms with E-state index >= 15 is 0 Å². The van der Waals surface area contributed by atoms with Crippen LogP contribution < -0.4 is 0 Å². The van der Waals surface area contributed by atoms with E-state index < -0.39 is 12.5 Å². The Morgan fingerprint density at radius 2 is 1.50 bits per heavy atom. The molecule has 0 saturated carbocycles. The van der Waals surface area contributed by atoms with Crippen LogP contribution >= 0.6 is 14.0 Å².